The number of fused-ring (bicyclic) bond motifs is 1. The SMILES string of the molecule is Fc1cc2[nH]c(C3CCCOC3Nc3cn[nH]c3)nc2cc1OCCN1CCCCC1. The fourth-order valence-corrected chi connectivity index (χ4v) is 4.48. The van der Waals surface area contributed by atoms with Crippen molar-refractivity contribution in [1.29, 1.82) is 0 Å². The maximum atomic E-state index is 14.6. The Bertz CT molecular complexity index is 985. The van der Waals surface area contributed by atoms with Gasteiger partial charge in [0.25, 0.3) is 0 Å². The van der Waals surface area contributed by atoms with Crippen molar-refractivity contribution in [2.75, 3.05) is 38.2 Å². The lowest BCUT2D eigenvalue weighted by atomic mass is 9.98. The van der Waals surface area contributed by atoms with Crippen LogP contribution in [0.2, 0.25) is 0 Å². The van der Waals surface area contributed by atoms with Crippen LogP contribution in [0.5, 0.6) is 5.75 Å². The summed E-state index contributed by atoms with van der Waals surface area (Å²) in [6, 6.07) is 3.17. The smallest absolute Gasteiger partial charge is 0.167 e. The molecule has 5 rings (SSSR count). The number of benzene rings is 1. The topological polar surface area (TPSA) is 91.1 Å². The number of hydrogen-bond donors (Lipinski definition) is 3. The van der Waals surface area contributed by atoms with Gasteiger partial charge < -0.3 is 19.8 Å². The lowest BCUT2D eigenvalue weighted by Gasteiger charge is -2.31. The molecule has 4 heterocycles. The number of nitrogens with zero attached hydrogens (tertiary/aromatic N) is 3. The van der Waals surface area contributed by atoms with Crippen molar-refractivity contribution in [2.45, 2.75) is 44.2 Å². The molecule has 0 saturated carbocycles. The average molecular weight is 429 g/mol. The first-order valence-corrected chi connectivity index (χ1v) is 11.2. The Hall–Kier alpha value is -2.65. The Morgan fingerprint density at radius 2 is 2.13 bits per heavy atom. The Balaban J connectivity index is 1.29. The number of piperidine rings is 1. The molecule has 2 atom stereocenters. The minimum atomic E-state index is -0.366. The van der Waals surface area contributed by atoms with Crippen LogP contribution in [0.3, 0.4) is 0 Å². The highest BCUT2D eigenvalue weighted by Gasteiger charge is 2.30. The Morgan fingerprint density at radius 1 is 1.23 bits per heavy atom. The number of H-pyrrole nitrogens is 2. The molecule has 2 aliphatic heterocycles. The van der Waals surface area contributed by atoms with E-state index in [4.69, 9.17) is 14.5 Å². The van der Waals surface area contributed by atoms with E-state index < -0.39 is 0 Å². The second-order valence-electron chi connectivity index (χ2n) is 8.34. The Labute approximate surface area is 180 Å². The maximum Gasteiger partial charge on any atom is 0.167 e. The molecular formula is C22H29FN6O2. The molecule has 3 N–H and O–H groups in total. The quantitative estimate of drug-likeness (QED) is 0.532. The van der Waals surface area contributed by atoms with Gasteiger partial charge in [0.1, 0.15) is 18.7 Å². The molecule has 2 saturated heterocycles. The van der Waals surface area contributed by atoms with Gasteiger partial charge in [-0.15, -0.1) is 0 Å². The molecule has 2 aliphatic rings. The molecule has 0 amide bonds. The van der Waals surface area contributed by atoms with Crippen molar-refractivity contribution < 1.29 is 13.9 Å². The second kappa shape index (κ2) is 9.23. The lowest BCUT2D eigenvalue weighted by molar-refractivity contribution is 0.0155. The van der Waals surface area contributed by atoms with Crippen LogP contribution >= 0.6 is 0 Å². The minimum Gasteiger partial charge on any atom is -0.489 e. The first-order valence-electron chi connectivity index (χ1n) is 11.2. The summed E-state index contributed by atoms with van der Waals surface area (Å²) in [4.78, 5) is 10.4. The van der Waals surface area contributed by atoms with Crippen molar-refractivity contribution in [1.82, 2.24) is 25.1 Å². The third kappa shape index (κ3) is 4.67. The maximum absolute atomic E-state index is 14.6. The summed E-state index contributed by atoms with van der Waals surface area (Å²) in [5.41, 5.74) is 2.24. The van der Waals surface area contributed by atoms with E-state index in [0.29, 0.717) is 24.2 Å². The zero-order chi connectivity index (χ0) is 21.0. The highest BCUT2D eigenvalue weighted by atomic mass is 19.1. The molecule has 31 heavy (non-hydrogen) atoms. The largest absolute Gasteiger partial charge is 0.489 e. The van der Waals surface area contributed by atoms with Gasteiger partial charge in [0.15, 0.2) is 11.6 Å². The van der Waals surface area contributed by atoms with Crippen molar-refractivity contribution in [2.24, 2.45) is 0 Å². The molecule has 9 heteroatoms. The summed E-state index contributed by atoms with van der Waals surface area (Å²) in [5, 5.41) is 10.1. The van der Waals surface area contributed by atoms with E-state index in [9.17, 15) is 4.39 Å². The number of likely N-dealkylation sites (tertiary alicyclic amines) is 1. The van der Waals surface area contributed by atoms with Gasteiger partial charge in [-0.2, -0.15) is 5.10 Å². The molecule has 2 aromatic heterocycles. The molecule has 0 bridgehead atoms. The number of halogens is 1. The Kier molecular flexibility index (Phi) is 6.04. The van der Waals surface area contributed by atoms with Gasteiger partial charge >= 0.3 is 0 Å². The van der Waals surface area contributed by atoms with Crippen LogP contribution in [0.4, 0.5) is 10.1 Å². The second-order valence-corrected chi connectivity index (χ2v) is 8.34. The zero-order valence-electron chi connectivity index (χ0n) is 17.6. The van der Waals surface area contributed by atoms with E-state index in [0.717, 1.165) is 44.0 Å². The van der Waals surface area contributed by atoms with Crippen LogP contribution < -0.4 is 10.1 Å². The third-order valence-corrected chi connectivity index (χ3v) is 6.15. The van der Waals surface area contributed by atoms with Crippen molar-refractivity contribution in [3.63, 3.8) is 0 Å². The van der Waals surface area contributed by atoms with Gasteiger partial charge in [0.2, 0.25) is 0 Å². The van der Waals surface area contributed by atoms with E-state index >= 15 is 0 Å². The molecule has 0 spiro atoms. The van der Waals surface area contributed by atoms with Gasteiger partial charge in [-0.1, -0.05) is 6.42 Å². The highest BCUT2D eigenvalue weighted by molar-refractivity contribution is 5.77. The third-order valence-electron chi connectivity index (χ3n) is 6.15. The lowest BCUT2D eigenvalue weighted by Crippen LogP contribution is -2.35. The summed E-state index contributed by atoms with van der Waals surface area (Å²) < 4.78 is 26.4. The van der Waals surface area contributed by atoms with Crippen molar-refractivity contribution in [3.8, 4) is 5.75 Å². The van der Waals surface area contributed by atoms with Crippen LogP contribution in [0.15, 0.2) is 24.5 Å². The van der Waals surface area contributed by atoms with Gasteiger partial charge in [-0.05, 0) is 38.8 Å². The number of nitrogens with one attached hydrogen (secondary N) is 3. The van der Waals surface area contributed by atoms with Crippen LogP contribution in [-0.2, 0) is 4.74 Å². The van der Waals surface area contributed by atoms with Crippen LogP contribution in [0.25, 0.3) is 11.0 Å². The summed E-state index contributed by atoms with van der Waals surface area (Å²) in [6.45, 7) is 4.20. The van der Waals surface area contributed by atoms with Gasteiger partial charge in [-0.25, -0.2) is 9.37 Å². The number of aromatic nitrogens is 4. The minimum absolute atomic E-state index is 0.0302. The molecule has 2 unspecified atom stereocenters. The molecule has 3 aromatic rings. The molecule has 8 nitrogen and oxygen atoms in total. The standard InChI is InChI=1S/C22H29FN6O2/c23-17-11-18-19(12-20(17)30-10-8-29-6-2-1-3-7-29)28-21(27-18)16-5-4-9-31-22(16)26-15-13-24-25-14-15/h11-14,16,22,26H,1-10H2,(H,24,25)(H,27,28). The number of imidazole rings is 1. The molecule has 1 aromatic carbocycles. The molecule has 0 radical (unpaired) electrons. The number of anilines is 1. The normalized spacial score (nSPS) is 22.6. The van der Waals surface area contributed by atoms with Gasteiger partial charge in [0.05, 0.1) is 28.8 Å². The van der Waals surface area contributed by atoms with Crippen LogP contribution in [0, 0.1) is 5.82 Å². The molecular weight excluding hydrogens is 399 g/mol. The van der Waals surface area contributed by atoms with E-state index in [-0.39, 0.29) is 23.7 Å². The average Bonchev–Trinajstić information content (AvgIpc) is 3.45. The number of ether oxygens (including phenoxy) is 2. The Morgan fingerprint density at radius 3 is 2.97 bits per heavy atom. The molecule has 166 valence electrons. The predicted octanol–water partition coefficient (Wildman–Crippen LogP) is 3.62. The molecule has 0 aliphatic carbocycles. The summed E-state index contributed by atoms with van der Waals surface area (Å²) in [6.07, 6.45) is 8.93. The van der Waals surface area contributed by atoms with Crippen molar-refractivity contribution >= 4 is 16.7 Å². The fourth-order valence-electron chi connectivity index (χ4n) is 4.48. The first kappa shape index (κ1) is 20.3. The van der Waals surface area contributed by atoms with Gasteiger partial charge in [-0.3, -0.25) is 10.00 Å². The summed E-state index contributed by atoms with van der Waals surface area (Å²) in [7, 11) is 0. The number of aromatic amines is 2. The zero-order valence-corrected chi connectivity index (χ0v) is 17.6. The first-order chi connectivity index (χ1) is 15.3. The predicted molar refractivity (Wildman–Crippen MR) is 116 cm³/mol. The highest BCUT2D eigenvalue weighted by Crippen LogP contribution is 2.32. The number of hydrogen-bond acceptors (Lipinski definition) is 6. The van der Waals surface area contributed by atoms with E-state index in [1.807, 2.05) is 0 Å². The van der Waals surface area contributed by atoms with Crippen LogP contribution in [0.1, 0.15) is 43.8 Å². The number of rotatable bonds is 7. The molecule has 2 fully saturated rings. The van der Waals surface area contributed by atoms with E-state index in [1.165, 1.54) is 25.3 Å². The fraction of sp³-hybridized carbons (Fsp3) is 0.545. The van der Waals surface area contributed by atoms with Gasteiger partial charge in [0, 0.05) is 31.5 Å². The summed E-state index contributed by atoms with van der Waals surface area (Å²) >= 11 is 0. The van der Waals surface area contributed by atoms with E-state index in [2.05, 4.69) is 25.4 Å². The van der Waals surface area contributed by atoms with E-state index in [1.54, 1.807) is 18.5 Å². The van der Waals surface area contributed by atoms with Crippen LogP contribution in [-0.4, -0.2) is 64.1 Å². The summed E-state index contributed by atoms with van der Waals surface area (Å²) in [5.74, 6) is 0.716. The van der Waals surface area contributed by atoms with Crippen molar-refractivity contribution in [3.05, 3.63) is 36.2 Å². The monoisotopic (exact) mass is 428 g/mol.